The lowest BCUT2D eigenvalue weighted by molar-refractivity contribution is -0.333. The van der Waals surface area contributed by atoms with Gasteiger partial charge in [-0.3, -0.25) is 0 Å². The van der Waals surface area contributed by atoms with Crippen molar-refractivity contribution >= 4 is 0 Å². The fraction of sp³-hybridized carbons (Fsp3) is 0.700. The molecule has 0 radical (unpaired) electrons. The van der Waals surface area contributed by atoms with E-state index in [0.717, 1.165) is 25.0 Å². The van der Waals surface area contributed by atoms with E-state index in [0.29, 0.717) is 17.6 Å². The quantitative estimate of drug-likeness (QED) is 0.835. The molecule has 1 aromatic carbocycles. The Morgan fingerprint density at radius 2 is 2.09 bits per heavy atom. The van der Waals surface area contributed by atoms with Crippen molar-refractivity contribution in [2.24, 2.45) is 11.3 Å². The number of rotatable bonds is 1. The molecule has 5 atom stereocenters. The number of hydrogen-bond acceptors (Lipinski definition) is 3. The van der Waals surface area contributed by atoms with Crippen LogP contribution in [-0.4, -0.2) is 18.0 Å². The maximum Gasteiger partial charge on any atom is 0.168 e. The molecule has 6 rings (SSSR count). The lowest BCUT2D eigenvalue weighted by atomic mass is 9.46. The van der Waals surface area contributed by atoms with Gasteiger partial charge in [0.2, 0.25) is 0 Å². The molecule has 1 saturated carbocycles. The van der Waals surface area contributed by atoms with Crippen LogP contribution in [0.3, 0.4) is 0 Å². The lowest BCUT2D eigenvalue weighted by Gasteiger charge is -2.67. The minimum atomic E-state index is -0.114. The highest BCUT2D eigenvalue weighted by Gasteiger charge is 2.67. The van der Waals surface area contributed by atoms with Gasteiger partial charge < -0.3 is 14.6 Å². The van der Waals surface area contributed by atoms with E-state index in [-0.39, 0.29) is 23.2 Å². The third kappa shape index (κ3) is 1.58. The van der Waals surface area contributed by atoms with Gasteiger partial charge in [0.05, 0.1) is 18.1 Å². The molecule has 2 aliphatic carbocycles. The monoisotopic (exact) mass is 314 g/mol. The van der Waals surface area contributed by atoms with Crippen LogP contribution in [0.25, 0.3) is 0 Å². The molecule has 3 heteroatoms. The van der Waals surface area contributed by atoms with Crippen LogP contribution in [0.1, 0.15) is 75.2 Å². The first-order valence-electron chi connectivity index (χ1n) is 9.10. The lowest BCUT2D eigenvalue weighted by Crippen LogP contribution is -2.67. The summed E-state index contributed by atoms with van der Waals surface area (Å²) in [4.78, 5) is 0. The molecule has 0 unspecified atom stereocenters. The predicted octanol–water partition coefficient (Wildman–Crippen LogP) is 4.39. The van der Waals surface area contributed by atoms with E-state index in [1.807, 2.05) is 0 Å². The van der Waals surface area contributed by atoms with Crippen LogP contribution < -0.4 is 0 Å². The Balaban J connectivity index is 1.75. The predicted molar refractivity (Wildman–Crippen MR) is 87.5 cm³/mol. The molecule has 3 fully saturated rings. The fourth-order valence-electron chi connectivity index (χ4n) is 6.10. The minimum absolute atomic E-state index is 0.0394. The Bertz CT molecular complexity index is 682. The van der Waals surface area contributed by atoms with Gasteiger partial charge in [-0.05, 0) is 65.3 Å². The summed E-state index contributed by atoms with van der Waals surface area (Å²) in [5.74, 6) is 1.40. The van der Waals surface area contributed by atoms with Gasteiger partial charge in [0, 0.05) is 0 Å². The van der Waals surface area contributed by atoms with Crippen molar-refractivity contribution in [1.29, 1.82) is 0 Å². The zero-order valence-electron chi connectivity index (χ0n) is 14.3. The van der Waals surface area contributed by atoms with Crippen molar-refractivity contribution in [1.82, 2.24) is 0 Å². The van der Waals surface area contributed by atoms with E-state index in [2.05, 4.69) is 32.9 Å². The Hall–Kier alpha value is -1.06. The maximum atomic E-state index is 10.6. The van der Waals surface area contributed by atoms with E-state index in [1.54, 1.807) is 0 Å². The maximum absolute atomic E-state index is 10.6. The first-order chi connectivity index (χ1) is 11.0. The van der Waals surface area contributed by atoms with Crippen LogP contribution in [0.4, 0.5) is 0 Å². The molecule has 1 N–H and O–H groups in total. The zero-order chi connectivity index (χ0) is 16.0. The smallest absolute Gasteiger partial charge is 0.168 e. The van der Waals surface area contributed by atoms with Gasteiger partial charge in [-0.25, -0.2) is 0 Å². The van der Waals surface area contributed by atoms with Gasteiger partial charge in [0.15, 0.2) is 6.29 Å². The third-order valence-electron chi connectivity index (χ3n) is 7.19. The minimum Gasteiger partial charge on any atom is -0.508 e. The molecule has 23 heavy (non-hydrogen) atoms. The summed E-state index contributed by atoms with van der Waals surface area (Å²) in [5, 5.41) is 10.6. The van der Waals surface area contributed by atoms with Gasteiger partial charge in [-0.2, -0.15) is 0 Å². The van der Waals surface area contributed by atoms with Gasteiger partial charge in [-0.1, -0.05) is 27.2 Å². The molecule has 5 aliphatic rings. The highest BCUT2D eigenvalue weighted by atomic mass is 16.7. The summed E-state index contributed by atoms with van der Waals surface area (Å²) in [6, 6.07) is 4.27. The summed E-state index contributed by atoms with van der Waals surface area (Å²) >= 11 is 0. The number of phenols is 1. The topological polar surface area (TPSA) is 38.7 Å². The second kappa shape index (κ2) is 4.31. The Morgan fingerprint density at radius 1 is 1.26 bits per heavy atom. The molecule has 124 valence electrons. The molecule has 5 bridgehead atoms. The number of aromatic hydroxyl groups is 1. The highest BCUT2D eigenvalue weighted by molar-refractivity contribution is 5.52. The average Bonchev–Trinajstić information content (AvgIpc) is 2.50. The van der Waals surface area contributed by atoms with E-state index in [4.69, 9.17) is 9.47 Å². The highest BCUT2D eigenvalue weighted by Crippen LogP contribution is 2.68. The van der Waals surface area contributed by atoms with Gasteiger partial charge in [0.1, 0.15) is 5.75 Å². The molecule has 1 spiro atoms. The molecule has 2 saturated heterocycles. The molecule has 0 aromatic heterocycles. The zero-order valence-corrected chi connectivity index (χ0v) is 14.3. The van der Waals surface area contributed by atoms with Crippen molar-refractivity contribution in [3.63, 3.8) is 0 Å². The number of ether oxygens (including phenoxy) is 2. The van der Waals surface area contributed by atoms with Crippen LogP contribution >= 0.6 is 0 Å². The molecule has 3 nitrogen and oxygen atoms in total. The summed E-state index contributed by atoms with van der Waals surface area (Å²) in [6.07, 6.45) is 4.75. The van der Waals surface area contributed by atoms with Crippen LogP contribution in [0, 0.1) is 11.3 Å². The van der Waals surface area contributed by atoms with Crippen LogP contribution in [0.2, 0.25) is 0 Å². The molecule has 0 amide bonds. The molecule has 3 heterocycles. The fourth-order valence-corrected chi connectivity index (χ4v) is 6.10. The first-order valence-corrected chi connectivity index (χ1v) is 9.10. The normalized spacial score (nSPS) is 43.6. The molecular formula is C20H26O3. The van der Waals surface area contributed by atoms with Crippen molar-refractivity contribution in [3.8, 4) is 5.75 Å². The second-order valence-corrected chi connectivity index (χ2v) is 8.76. The molecule has 3 aliphatic heterocycles. The SMILES string of the molecule is CC(C)c1cc2c(cc1O)[C@]13CCC[C@]4(C)CO[C@H]1O[C@H]2C[C@@H]43. The first kappa shape index (κ1) is 14.3. The van der Waals surface area contributed by atoms with E-state index in [1.165, 1.54) is 24.0 Å². The number of phenolic OH excluding ortho intramolecular Hbond substituents is 1. The van der Waals surface area contributed by atoms with Crippen LogP contribution in [-0.2, 0) is 14.9 Å². The largest absolute Gasteiger partial charge is 0.508 e. The van der Waals surface area contributed by atoms with E-state index < -0.39 is 0 Å². The van der Waals surface area contributed by atoms with E-state index >= 15 is 0 Å². The second-order valence-electron chi connectivity index (χ2n) is 8.76. The van der Waals surface area contributed by atoms with Crippen molar-refractivity contribution in [2.45, 2.75) is 70.2 Å². The molecular weight excluding hydrogens is 288 g/mol. The Morgan fingerprint density at radius 3 is 2.87 bits per heavy atom. The summed E-state index contributed by atoms with van der Waals surface area (Å²) in [7, 11) is 0. The Labute approximate surface area is 138 Å². The van der Waals surface area contributed by atoms with Crippen molar-refractivity contribution < 1.29 is 14.6 Å². The van der Waals surface area contributed by atoms with Crippen LogP contribution in [0.15, 0.2) is 12.1 Å². The Kier molecular flexibility index (Phi) is 2.68. The summed E-state index contributed by atoms with van der Waals surface area (Å²) < 4.78 is 12.6. The molecule has 1 aromatic rings. The van der Waals surface area contributed by atoms with Crippen molar-refractivity contribution in [3.05, 3.63) is 28.8 Å². The average molecular weight is 314 g/mol. The summed E-state index contributed by atoms with van der Waals surface area (Å²) in [6.45, 7) is 7.49. The standard InChI is InChI=1S/C20H26O3/c1-11(2)12-7-13-14(8-15(12)21)20-6-4-5-19(3)10-22-18(20)23-16(13)9-17(19)20/h7-8,11,16-18,21H,4-6,9-10H2,1-3H3/t16-,17-,18-,19+,20-/m0/s1. The van der Waals surface area contributed by atoms with Crippen LogP contribution in [0.5, 0.6) is 5.75 Å². The summed E-state index contributed by atoms with van der Waals surface area (Å²) in [5.41, 5.74) is 3.90. The van der Waals surface area contributed by atoms with Gasteiger partial charge >= 0.3 is 0 Å². The number of benzene rings is 1. The van der Waals surface area contributed by atoms with Gasteiger partial charge in [0.25, 0.3) is 0 Å². The third-order valence-corrected chi connectivity index (χ3v) is 7.19. The van der Waals surface area contributed by atoms with Crippen molar-refractivity contribution in [2.75, 3.05) is 6.61 Å². The van der Waals surface area contributed by atoms with Gasteiger partial charge in [-0.15, -0.1) is 0 Å². The van der Waals surface area contributed by atoms with E-state index in [9.17, 15) is 5.11 Å². The number of hydrogen-bond donors (Lipinski definition) is 1.